The number of ether oxygens (including phenoxy) is 4. The van der Waals surface area contributed by atoms with E-state index in [0.29, 0.717) is 5.56 Å². The van der Waals surface area contributed by atoms with E-state index in [2.05, 4.69) is 16.0 Å². The number of anilines is 1. The Bertz CT molecular complexity index is 1890. The Balaban J connectivity index is 1.41. The molecule has 0 saturated carbocycles. The number of hydrogen-bond donors (Lipinski definition) is 1. The van der Waals surface area contributed by atoms with Crippen LogP contribution >= 0.6 is 0 Å². The van der Waals surface area contributed by atoms with Gasteiger partial charge in [-0.2, -0.15) is 5.26 Å². The molecule has 0 amide bonds. The molecule has 0 bridgehead atoms. The maximum Gasteiger partial charge on any atom is 0.338 e. The predicted molar refractivity (Wildman–Crippen MR) is 159 cm³/mol. The Morgan fingerprint density at radius 3 is 1.89 bits per heavy atom. The zero-order valence-electron chi connectivity index (χ0n) is 23.6. The minimum atomic E-state index is -1.29. The summed E-state index contributed by atoms with van der Waals surface area (Å²) in [5.41, 5.74) is 7.25. The third-order valence-electron chi connectivity index (χ3n) is 7.21. The number of hydrogen-bond acceptors (Lipinski definition) is 11. The van der Waals surface area contributed by atoms with Crippen LogP contribution in [0.25, 0.3) is 11.0 Å². The fourth-order valence-corrected chi connectivity index (χ4v) is 5.07. The van der Waals surface area contributed by atoms with E-state index in [-0.39, 0.29) is 40.1 Å². The van der Waals surface area contributed by atoms with Gasteiger partial charge in [0.15, 0.2) is 18.4 Å². The average Bonchev–Trinajstić information content (AvgIpc) is 3.63. The summed E-state index contributed by atoms with van der Waals surface area (Å²) in [7, 11) is 0. The third kappa shape index (κ3) is 5.93. The van der Waals surface area contributed by atoms with Crippen LogP contribution in [0.4, 0.5) is 5.82 Å². The highest BCUT2D eigenvalue weighted by atomic mass is 16.7. The second kappa shape index (κ2) is 12.7. The molecule has 0 aliphatic carbocycles. The van der Waals surface area contributed by atoms with E-state index < -0.39 is 42.4 Å². The summed E-state index contributed by atoms with van der Waals surface area (Å²) in [5, 5.41) is 10.1. The zero-order valence-corrected chi connectivity index (χ0v) is 23.6. The lowest BCUT2D eigenvalue weighted by atomic mass is 10.1. The number of nitriles is 1. The van der Waals surface area contributed by atoms with Gasteiger partial charge in [0, 0.05) is 6.20 Å². The Morgan fingerprint density at radius 1 is 0.800 bits per heavy atom. The second-order valence-electron chi connectivity index (χ2n) is 10.0. The SMILES string of the molecule is N#Cc1cn([C@H]2O[C@@H](COC(=O)c3ccccc3)[C@@H](OC(=O)c3ccccc3)[C@@H]2OC(=O)c2ccccc2)c2ncnc(N)c12. The Morgan fingerprint density at radius 2 is 1.33 bits per heavy atom. The fraction of sp³-hybridized carbons (Fsp3) is 0.152. The van der Waals surface area contributed by atoms with Crippen molar-refractivity contribution in [2.45, 2.75) is 24.5 Å². The molecule has 12 nitrogen and oxygen atoms in total. The monoisotopic (exact) mass is 603 g/mol. The van der Waals surface area contributed by atoms with Crippen LogP contribution in [0.1, 0.15) is 42.9 Å². The number of fused-ring (bicyclic) bond motifs is 1. The van der Waals surface area contributed by atoms with Gasteiger partial charge in [-0.15, -0.1) is 0 Å². The first-order valence-electron chi connectivity index (χ1n) is 13.9. The first-order chi connectivity index (χ1) is 21.9. The maximum absolute atomic E-state index is 13.4. The van der Waals surface area contributed by atoms with Crippen molar-refractivity contribution < 1.29 is 33.3 Å². The van der Waals surface area contributed by atoms with Crippen LogP contribution in [0.3, 0.4) is 0 Å². The summed E-state index contributed by atoms with van der Waals surface area (Å²) in [6, 6.07) is 26.9. The molecule has 1 saturated heterocycles. The quantitative estimate of drug-likeness (QED) is 0.200. The molecule has 224 valence electrons. The van der Waals surface area contributed by atoms with Crippen LogP contribution in [0.15, 0.2) is 104 Å². The van der Waals surface area contributed by atoms with Crippen molar-refractivity contribution in [1.82, 2.24) is 14.5 Å². The van der Waals surface area contributed by atoms with Gasteiger partial charge in [0.05, 0.1) is 27.6 Å². The van der Waals surface area contributed by atoms with Crippen molar-refractivity contribution in [3.63, 3.8) is 0 Å². The standard InChI is InChI=1S/C33H25N5O7/c34-16-23-17-38(29-25(23)28(35)36-19-37-29)30-27(45-33(41)22-14-8-3-9-15-22)26(44-32(40)21-12-6-2-7-13-21)24(43-30)18-42-31(39)20-10-4-1-5-11-20/h1-15,17,19,24,26-27,30H,18H2,(H2,35,36,37)/t24-,26+,27-,30-/m0/s1. The molecule has 0 radical (unpaired) electrons. The van der Waals surface area contributed by atoms with E-state index in [9.17, 15) is 19.6 Å². The topological polar surface area (TPSA) is 169 Å². The molecule has 4 atom stereocenters. The molecule has 6 rings (SSSR count). The molecule has 1 fully saturated rings. The minimum absolute atomic E-state index is 0.0616. The number of nitrogens with two attached hydrogens (primary N) is 1. The van der Waals surface area contributed by atoms with Crippen molar-refractivity contribution in [3.8, 4) is 6.07 Å². The van der Waals surface area contributed by atoms with Crippen molar-refractivity contribution in [1.29, 1.82) is 5.26 Å². The van der Waals surface area contributed by atoms with E-state index >= 15 is 0 Å². The van der Waals surface area contributed by atoms with Crippen molar-refractivity contribution in [3.05, 3.63) is 126 Å². The maximum atomic E-state index is 13.4. The summed E-state index contributed by atoms with van der Waals surface area (Å²) in [6.07, 6.45) is -2.18. The van der Waals surface area contributed by atoms with Crippen LogP contribution in [0.2, 0.25) is 0 Å². The molecular formula is C33H25N5O7. The Kier molecular flexibility index (Phi) is 8.17. The Hall–Kier alpha value is -6.06. The molecule has 3 heterocycles. The lowest BCUT2D eigenvalue weighted by Crippen LogP contribution is -2.41. The molecule has 2 aromatic heterocycles. The molecule has 12 heteroatoms. The highest BCUT2D eigenvalue weighted by Gasteiger charge is 2.52. The number of esters is 3. The van der Waals surface area contributed by atoms with Crippen LogP contribution in [-0.4, -0.2) is 57.4 Å². The molecular weight excluding hydrogens is 578 g/mol. The second-order valence-corrected chi connectivity index (χ2v) is 10.0. The van der Waals surface area contributed by atoms with Crippen LogP contribution < -0.4 is 5.73 Å². The lowest BCUT2D eigenvalue weighted by molar-refractivity contribution is -0.0604. The summed E-state index contributed by atoms with van der Waals surface area (Å²) in [5.74, 6) is -2.01. The number of nitrogen functional groups attached to an aromatic ring is 1. The van der Waals surface area contributed by atoms with Crippen LogP contribution in [0.5, 0.6) is 0 Å². The van der Waals surface area contributed by atoms with E-state index in [1.54, 1.807) is 91.0 Å². The Labute approximate surface area is 256 Å². The van der Waals surface area contributed by atoms with E-state index in [1.165, 1.54) is 17.1 Å². The lowest BCUT2D eigenvalue weighted by Gasteiger charge is -2.25. The van der Waals surface area contributed by atoms with Gasteiger partial charge < -0.3 is 29.2 Å². The number of aromatic nitrogens is 3. The van der Waals surface area contributed by atoms with Gasteiger partial charge in [-0.3, -0.25) is 0 Å². The van der Waals surface area contributed by atoms with Gasteiger partial charge in [0.25, 0.3) is 0 Å². The first-order valence-corrected chi connectivity index (χ1v) is 13.9. The number of nitrogens with zero attached hydrogens (tertiary/aromatic N) is 4. The highest BCUT2D eigenvalue weighted by molar-refractivity contribution is 5.93. The van der Waals surface area contributed by atoms with Gasteiger partial charge in [0.1, 0.15) is 36.6 Å². The minimum Gasteiger partial charge on any atom is -0.459 e. The van der Waals surface area contributed by atoms with Gasteiger partial charge in [-0.05, 0) is 36.4 Å². The smallest absolute Gasteiger partial charge is 0.338 e. The molecule has 3 aromatic carbocycles. The normalized spacial score (nSPS) is 19.0. The predicted octanol–water partition coefficient (Wildman–Crippen LogP) is 4.09. The van der Waals surface area contributed by atoms with Crippen molar-refractivity contribution in [2.75, 3.05) is 12.3 Å². The molecule has 0 unspecified atom stereocenters. The van der Waals surface area contributed by atoms with Crippen molar-refractivity contribution >= 4 is 34.8 Å². The number of carbonyl (C=O) groups excluding carboxylic acids is 3. The van der Waals surface area contributed by atoms with Crippen molar-refractivity contribution in [2.24, 2.45) is 0 Å². The third-order valence-corrected chi connectivity index (χ3v) is 7.21. The van der Waals surface area contributed by atoms with E-state index in [1.807, 2.05) is 0 Å². The number of carbonyl (C=O) groups is 3. The first kappa shape index (κ1) is 29.0. The summed E-state index contributed by atoms with van der Waals surface area (Å²) >= 11 is 0. The molecule has 2 N–H and O–H groups in total. The van der Waals surface area contributed by atoms with Crippen LogP contribution in [0, 0.1) is 11.3 Å². The molecule has 1 aliphatic rings. The molecule has 1 aliphatic heterocycles. The molecule has 5 aromatic rings. The largest absolute Gasteiger partial charge is 0.459 e. The number of rotatable bonds is 8. The van der Waals surface area contributed by atoms with E-state index in [4.69, 9.17) is 24.7 Å². The van der Waals surface area contributed by atoms with Gasteiger partial charge in [-0.25, -0.2) is 24.4 Å². The number of benzene rings is 3. The summed E-state index contributed by atoms with van der Waals surface area (Å²) in [6.45, 7) is -0.363. The van der Waals surface area contributed by atoms with Crippen LogP contribution in [-0.2, 0) is 18.9 Å². The average molecular weight is 604 g/mol. The zero-order chi connectivity index (χ0) is 31.3. The van der Waals surface area contributed by atoms with Gasteiger partial charge >= 0.3 is 17.9 Å². The highest BCUT2D eigenvalue weighted by Crippen LogP contribution is 2.38. The van der Waals surface area contributed by atoms with E-state index in [0.717, 1.165) is 0 Å². The summed E-state index contributed by atoms with van der Waals surface area (Å²) < 4.78 is 25.4. The van der Waals surface area contributed by atoms with Gasteiger partial charge in [-0.1, -0.05) is 54.6 Å². The molecule has 45 heavy (non-hydrogen) atoms. The van der Waals surface area contributed by atoms with Gasteiger partial charge in [0.2, 0.25) is 0 Å². The molecule has 0 spiro atoms. The summed E-state index contributed by atoms with van der Waals surface area (Å²) in [4.78, 5) is 47.9. The fourth-order valence-electron chi connectivity index (χ4n) is 5.07.